The molecular weight excluding hydrogens is 348 g/mol. The van der Waals surface area contributed by atoms with Crippen LogP contribution in [0.1, 0.15) is 18.6 Å². The van der Waals surface area contributed by atoms with Crippen LogP contribution < -0.4 is 23.7 Å². The van der Waals surface area contributed by atoms with Crippen molar-refractivity contribution in [2.45, 2.75) is 13.0 Å². The van der Waals surface area contributed by atoms with Gasteiger partial charge in [0.25, 0.3) is 0 Å². The molecule has 0 aromatic heterocycles. The molecule has 0 fully saturated rings. The first kappa shape index (κ1) is 18.9. The fraction of sp³-hybridized carbons (Fsp3) is 0.333. The molecule has 0 saturated heterocycles. The number of hydrogen-bond donors (Lipinski definition) is 1. The van der Waals surface area contributed by atoms with E-state index in [9.17, 15) is 5.11 Å². The molecule has 144 valence electrons. The minimum atomic E-state index is -0.809. The molecule has 0 aliphatic carbocycles. The van der Waals surface area contributed by atoms with Crippen molar-refractivity contribution in [1.82, 2.24) is 0 Å². The van der Waals surface area contributed by atoms with Gasteiger partial charge in [-0.15, -0.1) is 6.58 Å². The zero-order chi connectivity index (χ0) is 19.6. The van der Waals surface area contributed by atoms with Crippen molar-refractivity contribution in [2.24, 2.45) is 5.92 Å². The van der Waals surface area contributed by atoms with Crippen molar-refractivity contribution >= 4 is 0 Å². The van der Waals surface area contributed by atoms with Crippen molar-refractivity contribution in [3.8, 4) is 39.9 Å². The minimum absolute atomic E-state index is 0.180. The summed E-state index contributed by atoms with van der Waals surface area (Å²) in [7, 11) is 4.65. The number of aliphatic hydroxyl groups excluding tert-OH is 1. The second kappa shape index (κ2) is 7.80. The molecule has 0 amide bonds. The lowest BCUT2D eigenvalue weighted by atomic mass is 9.89. The third-order valence-corrected chi connectivity index (χ3v) is 4.71. The summed E-state index contributed by atoms with van der Waals surface area (Å²) in [5.74, 6) is 2.54. The van der Waals surface area contributed by atoms with Crippen molar-refractivity contribution in [3.05, 3.63) is 42.5 Å². The van der Waals surface area contributed by atoms with Gasteiger partial charge < -0.3 is 28.8 Å². The molecular formula is C21H24O6. The summed E-state index contributed by atoms with van der Waals surface area (Å²) in [6, 6.07) is 7.36. The van der Waals surface area contributed by atoms with Gasteiger partial charge in [-0.3, -0.25) is 0 Å². The van der Waals surface area contributed by atoms with Crippen LogP contribution in [0.3, 0.4) is 0 Å². The molecule has 2 aromatic carbocycles. The Kier molecular flexibility index (Phi) is 5.46. The second-order valence-corrected chi connectivity index (χ2v) is 6.22. The Hall–Kier alpha value is -2.86. The number of rotatable bonds is 7. The van der Waals surface area contributed by atoms with E-state index in [0.29, 0.717) is 39.9 Å². The lowest BCUT2D eigenvalue weighted by molar-refractivity contribution is 0.139. The number of benzene rings is 2. The highest BCUT2D eigenvalue weighted by molar-refractivity contribution is 5.81. The average molecular weight is 372 g/mol. The molecule has 0 bridgehead atoms. The Morgan fingerprint density at radius 2 is 1.74 bits per heavy atom. The molecule has 0 spiro atoms. The SMILES string of the molecule is C=C[C@H](C)[C@H](O)c1cc(OC)c(OC)c(OC)c1-c1ccc2c(c1)OCO2. The Morgan fingerprint density at radius 1 is 1.04 bits per heavy atom. The second-order valence-electron chi connectivity index (χ2n) is 6.22. The smallest absolute Gasteiger partial charge is 0.231 e. The van der Waals surface area contributed by atoms with Crippen molar-refractivity contribution in [3.63, 3.8) is 0 Å². The summed E-state index contributed by atoms with van der Waals surface area (Å²) < 4.78 is 27.6. The van der Waals surface area contributed by atoms with Crippen molar-refractivity contribution in [2.75, 3.05) is 28.1 Å². The molecule has 1 aliphatic rings. The van der Waals surface area contributed by atoms with E-state index >= 15 is 0 Å². The molecule has 6 nitrogen and oxygen atoms in total. The first-order chi connectivity index (χ1) is 13.0. The highest BCUT2D eigenvalue weighted by Gasteiger charge is 2.28. The molecule has 0 radical (unpaired) electrons. The van der Waals surface area contributed by atoms with Gasteiger partial charge in [0.05, 0.1) is 27.4 Å². The van der Waals surface area contributed by atoms with Crippen LogP contribution in [0.5, 0.6) is 28.7 Å². The summed E-state index contributed by atoms with van der Waals surface area (Å²) in [5, 5.41) is 10.9. The summed E-state index contributed by atoms with van der Waals surface area (Å²) in [5.41, 5.74) is 2.16. The van der Waals surface area contributed by atoms with Gasteiger partial charge in [-0.1, -0.05) is 19.1 Å². The Labute approximate surface area is 158 Å². The first-order valence-corrected chi connectivity index (χ1v) is 8.59. The number of ether oxygens (including phenoxy) is 5. The number of hydrogen-bond acceptors (Lipinski definition) is 6. The molecule has 27 heavy (non-hydrogen) atoms. The molecule has 3 rings (SSSR count). The van der Waals surface area contributed by atoms with Crippen LogP contribution in [0, 0.1) is 5.92 Å². The third kappa shape index (κ3) is 3.28. The topological polar surface area (TPSA) is 66.4 Å². The Morgan fingerprint density at radius 3 is 2.37 bits per heavy atom. The van der Waals surface area contributed by atoms with E-state index < -0.39 is 6.10 Å². The van der Waals surface area contributed by atoms with E-state index in [0.717, 1.165) is 5.56 Å². The average Bonchev–Trinajstić information content (AvgIpc) is 3.18. The Balaban J connectivity index is 2.30. The van der Waals surface area contributed by atoms with E-state index in [1.807, 2.05) is 25.1 Å². The van der Waals surface area contributed by atoms with Crippen molar-refractivity contribution in [1.29, 1.82) is 0 Å². The standard InChI is InChI=1S/C21H24O6/c1-6-12(2)19(22)14-10-17(23-3)20(24-4)21(25-5)18(14)13-7-8-15-16(9-13)27-11-26-15/h6-10,12,19,22H,1,11H2,2-5H3/t12-,19-/m0/s1. The van der Waals surface area contributed by atoms with Gasteiger partial charge in [-0.2, -0.15) is 0 Å². The largest absolute Gasteiger partial charge is 0.493 e. The van der Waals surface area contributed by atoms with Gasteiger partial charge >= 0.3 is 0 Å². The molecule has 0 unspecified atom stereocenters. The fourth-order valence-corrected chi connectivity index (χ4v) is 3.17. The number of fused-ring (bicyclic) bond motifs is 1. The van der Waals surface area contributed by atoms with Crippen LogP contribution in [-0.2, 0) is 0 Å². The normalized spacial score (nSPS) is 14.4. The van der Waals surface area contributed by atoms with Crippen LogP contribution >= 0.6 is 0 Å². The lowest BCUT2D eigenvalue weighted by Gasteiger charge is -2.24. The predicted octanol–water partition coefficient (Wildman–Crippen LogP) is 3.96. The van der Waals surface area contributed by atoms with Gasteiger partial charge in [-0.25, -0.2) is 0 Å². The highest BCUT2D eigenvalue weighted by atomic mass is 16.7. The maximum Gasteiger partial charge on any atom is 0.231 e. The third-order valence-electron chi connectivity index (χ3n) is 4.71. The van der Waals surface area contributed by atoms with Crippen LogP contribution in [0.15, 0.2) is 36.9 Å². The summed E-state index contributed by atoms with van der Waals surface area (Å²) >= 11 is 0. The lowest BCUT2D eigenvalue weighted by Crippen LogP contribution is -2.10. The molecule has 6 heteroatoms. The van der Waals surface area contributed by atoms with Crippen molar-refractivity contribution < 1.29 is 28.8 Å². The van der Waals surface area contributed by atoms with Gasteiger partial charge in [0.15, 0.2) is 23.0 Å². The fourth-order valence-electron chi connectivity index (χ4n) is 3.17. The van der Waals surface area contributed by atoms with Gasteiger partial charge in [0.2, 0.25) is 12.5 Å². The Bertz CT molecular complexity index is 845. The quantitative estimate of drug-likeness (QED) is 0.742. The summed E-state index contributed by atoms with van der Waals surface area (Å²) in [6.07, 6.45) is 0.897. The van der Waals surface area contributed by atoms with Gasteiger partial charge in [0, 0.05) is 11.5 Å². The summed E-state index contributed by atoms with van der Waals surface area (Å²) in [6.45, 7) is 5.87. The maximum atomic E-state index is 10.9. The molecule has 2 atom stereocenters. The van der Waals surface area contributed by atoms with Crippen LogP contribution in [0.25, 0.3) is 11.1 Å². The zero-order valence-corrected chi connectivity index (χ0v) is 15.9. The minimum Gasteiger partial charge on any atom is -0.493 e. The monoisotopic (exact) mass is 372 g/mol. The number of aliphatic hydroxyl groups is 1. The number of methoxy groups -OCH3 is 3. The molecule has 0 saturated carbocycles. The van der Waals surface area contributed by atoms with E-state index in [-0.39, 0.29) is 12.7 Å². The van der Waals surface area contributed by atoms with E-state index in [1.54, 1.807) is 33.5 Å². The predicted molar refractivity (Wildman–Crippen MR) is 102 cm³/mol. The van der Waals surface area contributed by atoms with E-state index in [1.165, 1.54) is 0 Å². The van der Waals surface area contributed by atoms with Crippen LogP contribution in [0.4, 0.5) is 0 Å². The van der Waals surface area contributed by atoms with E-state index in [2.05, 4.69) is 6.58 Å². The molecule has 1 aliphatic heterocycles. The van der Waals surface area contributed by atoms with Gasteiger partial charge in [0.1, 0.15) is 0 Å². The van der Waals surface area contributed by atoms with E-state index in [4.69, 9.17) is 23.7 Å². The van der Waals surface area contributed by atoms with Crippen LogP contribution in [-0.4, -0.2) is 33.2 Å². The molecule has 2 aromatic rings. The molecule has 1 N–H and O–H groups in total. The first-order valence-electron chi connectivity index (χ1n) is 8.59. The summed E-state index contributed by atoms with van der Waals surface area (Å²) in [4.78, 5) is 0. The molecule has 1 heterocycles. The van der Waals surface area contributed by atoms with Gasteiger partial charge in [-0.05, 0) is 29.3 Å². The zero-order valence-electron chi connectivity index (χ0n) is 15.9. The highest BCUT2D eigenvalue weighted by Crippen LogP contribution is 2.50. The maximum absolute atomic E-state index is 10.9. The van der Waals surface area contributed by atoms with Crippen LogP contribution in [0.2, 0.25) is 0 Å².